The van der Waals surface area contributed by atoms with Crippen LogP contribution in [0.4, 0.5) is 8.78 Å². The van der Waals surface area contributed by atoms with Crippen molar-refractivity contribution in [2.45, 2.75) is 31.5 Å². The SMILES string of the molecule is CC1(F)CCCNC1c1ccccc1F. The molecule has 2 rings (SSSR count). The minimum Gasteiger partial charge on any atom is -0.307 e. The molecule has 1 nitrogen and oxygen atoms in total. The molecule has 0 saturated carbocycles. The van der Waals surface area contributed by atoms with Crippen LogP contribution in [-0.2, 0) is 0 Å². The first-order valence-electron chi connectivity index (χ1n) is 5.28. The van der Waals surface area contributed by atoms with Crippen LogP contribution < -0.4 is 5.32 Å². The Labute approximate surface area is 88.5 Å². The van der Waals surface area contributed by atoms with Crippen molar-refractivity contribution in [3.8, 4) is 0 Å². The minimum absolute atomic E-state index is 0.333. The van der Waals surface area contributed by atoms with Crippen LogP contribution in [0.25, 0.3) is 0 Å². The lowest BCUT2D eigenvalue weighted by molar-refractivity contribution is 0.0864. The Morgan fingerprint density at radius 2 is 2.13 bits per heavy atom. The fraction of sp³-hybridized carbons (Fsp3) is 0.500. The highest BCUT2D eigenvalue weighted by molar-refractivity contribution is 5.24. The maximum Gasteiger partial charge on any atom is 0.128 e. The van der Waals surface area contributed by atoms with Crippen LogP contribution in [0.3, 0.4) is 0 Å². The molecule has 1 fully saturated rings. The Hall–Kier alpha value is -0.960. The zero-order chi connectivity index (χ0) is 10.9. The van der Waals surface area contributed by atoms with Gasteiger partial charge in [0.2, 0.25) is 0 Å². The van der Waals surface area contributed by atoms with Gasteiger partial charge >= 0.3 is 0 Å². The van der Waals surface area contributed by atoms with Gasteiger partial charge in [0.05, 0.1) is 6.04 Å². The summed E-state index contributed by atoms with van der Waals surface area (Å²) in [5.41, 5.74) is -0.928. The standard InChI is InChI=1S/C12H15F2N/c1-12(14)7-4-8-15-11(12)9-5-2-3-6-10(9)13/h2-3,5-6,11,15H,4,7-8H2,1H3. The Morgan fingerprint density at radius 3 is 2.80 bits per heavy atom. The molecule has 1 aliphatic rings. The van der Waals surface area contributed by atoms with Crippen molar-refractivity contribution < 1.29 is 8.78 Å². The van der Waals surface area contributed by atoms with Gasteiger partial charge in [-0.3, -0.25) is 0 Å². The lowest BCUT2D eigenvalue weighted by Crippen LogP contribution is -2.43. The number of alkyl halides is 1. The fourth-order valence-electron chi connectivity index (χ4n) is 2.18. The van der Waals surface area contributed by atoms with Crippen LogP contribution in [-0.4, -0.2) is 12.2 Å². The summed E-state index contributed by atoms with van der Waals surface area (Å²) in [6.07, 6.45) is 1.29. The zero-order valence-corrected chi connectivity index (χ0v) is 8.76. The highest BCUT2D eigenvalue weighted by atomic mass is 19.1. The van der Waals surface area contributed by atoms with E-state index in [9.17, 15) is 8.78 Å². The maximum absolute atomic E-state index is 14.2. The zero-order valence-electron chi connectivity index (χ0n) is 8.76. The van der Waals surface area contributed by atoms with E-state index < -0.39 is 11.7 Å². The molecule has 1 aliphatic heterocycles. The summed E-state index contributed by atoms with van der Waals surface area (Å²) >= 11 is 0. The summed E-state index contributed by atoms with van der Waals surface area (Å²) in [6, 6.07) is 5.87. The second-order valence-electron chi connectivity index (χ2n) is 4.29. The molecule has 0 aliphatic carbocycles. The molecule has 0 bridgehead atoms. The molecule has 1 aromatic carbocycles. The van der Waals surface area contributed by atoms with Gasteiger partial charge in [-0.2, -0.15) is 0 Å². The Kier molecular flexibility index (Phi) is 2.74. The van der Waals surface area contributed by atoms with Crippen LogP contribution in [0.5, 0.6) is 0 Å². The largest absolute Gasteiger partial charge is 0.307 e. The third-order valence-electron chi connectivity index (χ3n) is 3.01. The molecular formula is C12H15F2N. The molecule has 0 radical (unpaired) electrons. The molecule has 1 aromatic rings. The van der Waals surface area contributed by atoms with Gasteiger partial charge in [-0.15, -0.1) is 0 Å². The van der Waals surface area contributed by atoms with Crippen molar-refractivity contribution in [3.05, 3.63) is 35.6 Å². The van der Waals surface area contributed by atoms with E-state index in [1.807, 2.05) is 0 Å². The van der Waals surface area contributed by atoms with Crippen molar-refractivity contribution in [1.29, 1.82) is 0 Å². The van der Waals surface area contributed by atoms with Crippen LogP contribution in [0, 0.1) is 5.82 Å². The summed E-state index contributed by atoms with van der Waals surface area (Å²) < 4.78 is 27.7. The predicted octanol–water partition coefficient (Wildman–Crippen LogP) is 2.98. The lowest BCUT2D eigenvalue weighted by Gasteiger charge is -2.36. The average molecular weight is 211 g/mol. The van der Waals surface area contributed by atoms with Crippen LogP contribution in [0.2, 0.25) is 0 Å². The average Bonchev–Trinajstić information content (AvgIpc) is 2.19. The van der Waals surface area contributed by atoms with Crippen molar-refractivity contribution in [3.63, 3.8) is 0 Å². The maximum atomic E-state index is 14.2. The van der Waals surface area contributed by atoms with E-state index in [0.29, 0.717) is 12.0 Å². The summed E-state index contributed by atoms with van der Waals surface area (Å²) in [7, 11) is 0. The number of benzene rings is 1. The van der Waals surface area contributed by atoms with E-state index in [2.05, 4.69) is 5.32 Å². The van der Waals surface area contributed by atoms with Crippen molar-refractivity contribution in [1.82, 2.24) is 5.32 Å². The van der Waals surface area contributed by atoms with Gasteiger partial charge in [0.1, 0.15) is 11.5 Å². The fourth-order valence-corrected chi connectivity index (χ4v) is 2.18. The highest BCUT2D eigenvalue weighted by Gasteiger charge is 2.38. The lowest BCUT2D eigenvalue weighted by atomic mass is 9.85. The van der Waals surface area contributed by atoms with Gasteiger partial charge in [-0.05, 0) is 32.4 Å². The number of rotatable bonds is 1. The normalized spacial score (nSPS) is 31.5. The molecule has 2 atom stereocenters. The molecule has 2 unspecified atom stereocenters. The van der Waals surface area contributed by atoms with E-state index in [4.69, 9.17) is 0 Å². The Bertz CT molecular complexity index is 349. The quantitative estimate of drug-likeness (QED) is 0.753. The molecule has 0 aromatic heterocycles. The topological polar surface area (TPSA) is 12.0 Å². The third-order valence-corrected chi connectivity index (χ3v) is 3.01. The molecule has 0 spiro atoms. The number of piperidine rings is 1. The van der Waals surface area contributed by atoms with E-state index in [0.717, 1.165) is 13.0 Å². The van der Waals surface area contributed by atoms with E-state index in [1.54, 1.807) is 18.2 Å². The first-order valence-corrected chi connectivity index (χ1v) is 5.28. The predicted molar refractivity (Wildman–Crippen MR) is 55.9 cm³/mol. The monoisotopic (exact) mass is 211 g/mol. The highest BCUT2D eigenvalue weighted by Crippen LogP contribution is 2.36. The molecule has 1 N–H and O–H groups in total. The summed E-state index contributed by atoms with van der Waals surface area (Å²) in [5, 5.41) is 3.05. The number of hydrogen-bond donors (Lipinski definition) is 1. The second kappa shape index (κ2) is 3.89. The second-order valence-corrected chi connectivity index (χ2v) is 4.29. The minimum atomic E-state index is -1.36. The first kappa shape index (κ1) is 10.6. The van der Waals surface area contributed by atoms with Gasteiger partial charge < -0.3 is 5.32 Å². The number of hydrogen-bond acceptors (Lipinski definition) is 1. The summed E-state index contributed by atoms with van der Waals surface area (Å²) in [6.45, 7) is 2.29. The van der Waals surface area contributed by atoms with Gasteiger partial charge in [0.25, 0.3) is 0 Å². The molecule has 3 heteroatoms. The Morgan fingerprint density at radius 1 is 1.40 bits per heavy atom. The Balaban J connectivity index is 2.33. The molecule has 82 valence electrons. The third kappa shape index (κ3) is 2.02. The van der Waals surface area contributed by atoms with E-state index in [1.165, 1.54) is 13.0 Å². The first-order chi connectivity index (χ1) is 7.11. The van der Waals surface area contributed by atoms with Crippen LogP contribution in [0.15, 0.2) is 24.3 Å². The van der Waals surface area contributed by atoms with Gasteiger partial charge in [-0.25, -0.2) is 8.78 Å². The molecule has 0 amide bonds. The van der Waals surface area contributed by atoms with Gasteiger partial charge in [-0.1, -0.05) is 18.2 Å². The summed E-state index contributed by atoms with van der Waals surface area (Å²) in [5.74, 6) is -0.333. The van der Waals surface area contributed by atoms with Crippen LogP contribution in [0.1, 0.15) is 31.4 Å². The van der Waals surface area contributed by atoms with Gasteiger partial charge in [0.15, 0.2) is 0 Å². The van der Waals surface area contributed by atoms with E-state index in [-0.39, 0.29) is 5.82 Å². The van der Waals surface area contributed by atoms with Crippen LogP contribution >= 0.6 is 0 Å². The van der Waals surface area contributed by atoms with Crippen molar-refractivity contribution in [2.24, 2.45) is 0 Å². The van der Waals surface area contributed by atoms with E-state index >= 15 is 0 Å². The number of nitrogens with one attached hydrogen (secondary N) is 1. The molecular weight excluding hydrogens is 196 g/mol. The number of halogens is 2. The summed E-state index contributed by atoms with van der Waals surface area (Å²) in [4.78, 5) is 0. The molecule has 1 heterocycles. The van der Waals surface area contributed by atoms with Crippen molar-refractivity contribution >= 4 is 0 Å². The molecule has 1 saturated heterocycles. The smallest absolute Gasteiger partial charge is 0.128 e. The molecule has 15 heavy (non-hydrogen) atoms. The van der Waals surface area contributed by atoms with Gasteiger partial charge in [0, 0.05) is 5.56 Å². The van der Waals surface area contributed by atoms with Crippen molar-refractivity contribution in [2.75, 3.05) is 6.54 Å².